The Morgan fingerprint density at radius 3 is 0.384 bits per heavy atom. The van der Waals surface area contributed by atoms with Crippen LogP contribution in [0.4, 0.5) is 0 Å². The van der Waals surface area contributed by atoms with E-state index in [4.69, 9.17) is 6.42 Å². The fraction of sp³-hybridized carbons (Fsp3) is 0.221. The fourth-order valence-electron chi connectivity index (χ4n) is 12.3. The van der Waals surface area contributed by atoms with Crippen LogP contribution in [0.3, 0.4) is 0 Å². The van der Waals surface area contributed by atoms with E-state index in [1.165, 1.54) is 12.8 Å². The van der Waals surface area contributed by atoms with Crippen LogP contribution in [-0.2, 0) is 0 Å². The topological polar surface area (TPSA) is 6.48 Å². The number of terminal acetylenes is 1. The lowest BCUT2D eigenvalue weighted by molar-refractivity contribution is -0.168. The van der Waals surface area contributed by atoms with Crippen molar-refractivity contribution < 1.29 is 0 Å². The molecule has 4 aliphatic heterocycles. The van der Waals surface area contributed by atoms with Gasteiger partial charge in [-0.3, -0.25) is 9.80 Å². The van der Waals surface area contributed by atoms with Gasteiger partial charge in [-0.15, -0.1) is 6.42 Å². The third-order valence-electron chi connectivity index (χ3n) is 16.2. The molecule has 4 rings (SSSR count). The van der Waals surface area contributed by atoms with Gasteiger partial charge in [0, 0.05) is 549 Å². The van der Waals surface area contributed by atoms with Crippen molar-refractivity contribution in [2.75, 3.05) is 7.05 Å². The Morgan fingerprint density at radius 1 is 0.174 bits per heavy atom. The Labute approximate surface area is 825 Å². The summed E-state index contributed by atoms with van der Waals surface area (Å²) in [5.41, 5.74) is 2.76. The lowest BCUT2D eigenvalue weighted by Gasteiger charge is -2.67. The predicted molar refractivity (Wildman–Crippen MR) is 557 cm³/mol. The van der Waals surface area contributed by atoms with E-state index in [1.807, 2.05) is 0 Å². The summed E-state index contributed by atoms with van der Waals surface area (Å²) < 4.78 is 0. The molecule has 138 heavy (non-hydrogen) atoms. The second-order valence-electron chi connectivity index (χ2n) is 29.6. The molecule has 1 unspecified atom stereocenters. The van der Waals surface area contributed by atoms with Crippen molar-refractivity contribution in [3.8, 4) is 628 Å². The van der Waals surface area contributed by atoms with Crippen LogP contribution in [0, 0.1) is 657 Å². The van der Waals surface area contributed by atoms with E-state index < -0.39 is 0 Å². The summed E-state index contributed by atoms with van der Waals surface area (Å²) >= 11 is 0. The molecule has 0 aromatic rings. The molecule has 4 saturated heterocycles. The van der Waals surface area contributed by atoms with Crippen molar-refractivity contribution >= 4 is 0 Å². The third-order valence-corrected chi connectivity index (χ3v) is 16.2. The van der Waals surface area contributed by atoms with Crippen molar-refractivity contribution in [2.24, 2.45) is 28.6 Å². The summed E-state index contributed by atoms with van der Waals surface area (Å²) in [4.78, 5) is 5.28. The third kappa shape index (κ3) is 58.7. The lowest BCUT2D eigenvalue weighted by atomic mass is 9.58. The fourth-order valence-corrected chi connectivity index (χ4v) is 12.3. The molecule has 616 valence electrons. The van der Waals surface area contributed by atoms with Gasteiger partial charge in [0.05, 0.1) is 0 Å². The number of fused-ring (bicyclic) bond motifs is 1. The molecule has 4 heterocycles. The maximum Gasteiger partial charge on any atom is 0.0213 e. The van der Waals surface area contributed by atoms with E-state index in [0.717, 1.165) is 17.8 Å². The molecular weight excluding hydrogens is 1660 g/mol. The summed E-state index contributed by atoms with van der Waals surface area (Å²) in [7, 11) is 2.25. The van der Waals surface area contributed by atoms with Gasteiger partial charge in [0.25, 0.3) is 0 Å². The Balaban J connectivity index is 0.00000254. The van der Waals surface area contributed by atoms with Gasteiger partial charge in [-0.2, -0.15) is 0 Å². The van der Waals surface area contributed by atoms with E-state index in [-0.39, 0.29) is 0 Å². The lowest BCUT2D eigenvalue weighted by Crippen LogP contribution is -2.74. The highest BCUT2D eigenvalue weighted by molar-refractivity contribution is 5.57. The molecule has 2 heteroatoms. The summed E-state index contributed by atoms with van der Waals surface area (Å²) in [6.07, 6.45) is 7.61. The van der Waals surface area contributed by atoms with Crippen LogP contribution in [0.25, 0.3) is 0 Å². The first-order chi connectivity index (χ1) is 66.7. The van der Waals surface area contributed by atoms with Crippen molar-refractivity contribution in [3.05, 3.63) is 0 Å². The smallest absolute Gasteiger partial charge is 0.0213 e. The number of hydrogen-bond acceptors (Lipinski definition) is 2. The van der Waals surface area contributed by atoms with Gasteiger partial charge in [-0.1, -0.05) is 47.5 Å². The minimum Gasteiger partial charge on any atom is -0.295 e. The summed E-state index contributed by atoms with van der Waals surface area (Å²) in [5, 5.41) is 0. The summed E-state index contributed by atoms with van der Waals surface area (Å²) in [5.74, 6) is 264. The van der Waals surface area contributed by atoms with Crippen LogP contribution in [0.1, 0.15) is 131 Å². The first-order valence-electron chi connectivity index (χ1n) is 39.7. The molecule has 0 aromatic heterocycles. The maximum absolute atomic E-state index is 4.95. The zero-order valence-electron chi connectivity index (χ0n) is 78.6. The van der Waals surface area contributed by atoms with E-state index in [9.17, 15) is 0 Å². The Hall–Kier alpha value is -23.4. The van der Waals surface area contributed by atoms with Gasteiger partial charge in [0.1, 0.15) is 0 Å². The molecule has 4 aliphatic rings. The van der Waals surface area contributed by atoms with Crippen molar-refractivity contribution in [1.82, 2.24) is 9.80 Å². The van der Waals surface area contributed by atoms with E-state index >= 15 is 0 Å². The average Bonchev–Trinajstić information content (AvgIpc) is 1.48. The zero-order chi connectivity index (χ0) is 101. The molecule has 0 aliphatic carbocycles. The summed E-state index contributed by atoms with van der Waals surface area (Å²) in [6, 6.07) is 0. The van der Waals surface area contributed by atoms with Crippen LogP contribution in [-0.4, -0.2) is 44.5 Å². The van der Waals surface area contributed by atoms with Crippen molar-refractivity contribution in [2.45, 2.75) is 158 Å². The number of hydrogen-bond donors (Lipinski definition) is 0. The van der Waals surface area contributed by atoms with Gasteiger partial charge in [0.2, 0.25) is 0 Å². The molecule has 2 bridgehead atoms. The second-order valence-corrected chi connectivity index (χ2v) is 29.6. The molecular formula is C136H62N2. The SMILES string of the molecule is C#CC#CC#CC#CC#CC#CC#CC#CC#CC#CC#CC#CC#CC#CC#CC#CC#CC#CC#CC#CC#CC#CC#CC#CC#CC#CC#CC#CC#CC#CC#CC#CC#CC#CC#CC#CC#CC#CC#CC#CC#CC#CC#CC#CC#CC#CC#CC#CC#CC#CC#CC#CC#CC.CC(C)(C)CC1C2C(C)(C)N(C1(C)C)C2(C)C.CN1C(C)(C)C(CC(C)(C)C)C1(C)C. The van der Waals surface area contributed by atoms with E-state index in [0.29, 0.717) is 38.5 Å². The highest BCUT2D eigenvalue weighted by Gasteiger charge is 2.75. The van der Waals surface area contributed by atoms with Gasteiger partial charge < -0.3 is 0 Å². The quantitative estimate of drug-likeness (QED) is 0.256. The second kappa shape index (κ2) is 72.9. The highest BCUT2D eigenvalue weighted by Crippen LogP contribution is 2.68. The van der Waals surface area contributed by atoms with Gasteiger partial charge in [-0.25, -0.2) is 0 Å². The van der Waals surface area contributed by atoms with Gasteiger partial charge >= 0.3 is 0 Å². The van der Waals surface area contributed by atoms with Crippen molar-refractivity contribution in [1.29, 1.82) is 0 Å². The largest absolute Gasteiger partial charge is 0.295 e. The van der Waals surface area contributed by atoms with Crippen LogP contribution in [0.2, 0.25) is 0 Å². The molecule has 0 radical (unpaired) electrons. The molecule has 0 saturated carbocycles. The van der Waals surface area contributed by atoms with Gasteiger partial charge in [0.15, 0.2) is 0 Å². The highest BCUT2D eigenvalue weighted by atomic mass is 15.4. The molecule has 2 nitrogen and oxygen atoms in total. The Morgan fingerprint density at radius 2 is 0.290 bits per heavy atom. The Bertz CT molecular complexity index is 8770. The normalized spacial score (nSPS) is 10.9. The number of nitrogens with zero attached hydrogens (tertiary/aromatic N) is 2. The van der Waals surface area contributed by atoms with Crippen LogP contribution < -0.4 is 0 Å². The van der Waals surface area contributed by atoms with Crippen LogP contribution in [0.15, 0.2) is 0 Å². The molecule has 4 fully saturated rings. The Kier molecular flexibility index (Phi) is 59.5. The number of likely N-dealkylation sites (tertiary alicyclic amines) is 1. The molecule has 0 N–H and O–H groups in total. The molecule has 0 aromatic carbocycles. The minimum absolute atomic E-state index is 0.352. The van der Waals surface area contributed by atoms with Crippen LogP contribution in [0.5, 0.6) is 0 Å². The number of rotatable bonds is 2. The first kappa shape index (κ1) is 113. The zero-order valence-corrected chi connectivity index (χ0v) is 78.6. The maximum atomic E-state index is 4.95. The van der Waals surface area contributed by atoms with Crippen LogP contribution >= 0.6 is 0 Å². The molecule has 0 amide bonds. The molecule has 0 spiro atoms. The van der Waals surface area contributed by atoms with Gasteiger partial charge in [-0.05, 0) is 219 Å². The summed E-state index contributed by atoms with van der Waals surface area (Å²) in [6.45, 7) is 40.0. The van der Waals surface area contributed by atoms with E-state index in [1.54, 1.807) is 6.92 Å². The standard InChI is InChI=1S/C107H4.C16H31N.C13H27N/c1-3-5-7-9-11-13-15-17-19-21-23-25-27-29-31-33-35-37-39-41-43-45-47-49-51-53-55-57-59-61-63-65-67-69-71-73-75-77-79-81-83-85-87-89-91-93-95-97-99-101-103-105-107-106-104-102-100-98-96-94-92-90-88-86-84-82-80-78-76-74-72-70-68-66-64-62-60-58-56-54-52-50-48-46-44-42-40-38-36-34-32-30-28-26-24-22-20-18-16-14-12-10-8-6-4-2;1-13(2,3)10-11-12-15(6,7)17(14(11,4)5)16(12,8)9;1-11(2,3)9-10-12(4,5)14(8)13(10,6)7/h1H,2H3;11-12H,10H2,1-9H3;10H,9H2,1-8H3. The monoisotopic (exact) mass is 1720 g/mol. The van der Waals surface area contributed by atoms with Crippen molar-refractivity contribution in [3.63, 3.8) is 0 Å². The van der Waals surface area contributed by atoms with E-state index in [2.05, 4.69) is 749 Å². The molecule has 1 atom stereocenters. The minimum atomic E-state index is 0.352. The average molecular weight is 1720 g/mol. The first-order valence-corrected chi connectivity index (χ1v) is 39.7. The predicted octanol–water partition coefficient (Wildman–Crippen LogP) is 8.68.